The number of hydrogen-bond donors (Lipinski definition) is 1. The van der Waals surface area contributed by atoms with E-state index < -0.39 is 29.0 Å². The summed E-state index contributed by atoms with van der Waals surface area (Å²) in [5.74, 6) is 0.357. The highest BCUT2D eigenvalue weighted by atomic mass is 35.5. The fourth-order valence-corrected chi connectivity index (χ4v) is 7.69. The maximum atomic E-state index is 14.9. The zero-order chi connectivity index (χ0) is 39.3. The summed E-state index contributed by atoms with van der Waals surface area (Å²) in [6, 6.07) is 11.7. The van der Waals surface area contributed by atoms with Crippen molar-refractivity contribution >= 4 is 40.0 Å². The van der Waals surface area contributed by atoms with Crippen molar-refractivity contribution in [3.63, 3.8) is 0 Å². The lowest BCUT2D eigenvalue weighted by Gasteiger charge is -2.35. The second-order valence-corrected chi connectivity index (χ2v) is 13.6. The van der Waals surface area contributed by atoms with E-state index in [0.29, 0.717) is 45.3 Å². The molecule has 7 rings (SSSR count). The maximum absolute atomic E-state index is 14.9. The van der Waals surface area contributed by atoms with Gasteiger partial charge in [0, 0.05) is 48.7 Å². The molecule has 55 heavy (non-hydrogen) atoms. The Bertz CT molecular complexity index is 2450. The zero-order valence-corrected chi connectivity index (χ0v) is 32.0. The van der Waals surface area contributed by atoms with Gasteiger partial charge in [0.25, 0.3) is 5.56 Å². The molecule has 14 nitrogen and oxygen atoms in total. The number of Topliss-reactive ketones (excluding diaryl/α,β-unsaturated/α-hetero) is 2. The fourth-order valence-electron chi connectivity index (χ4n) is 7.43. The van der Waals surface area contributed by atoms with Gasteiger partial charge in [0.05, 0.1) is 58.4 Å². The second-order valence-electron chi connectivity index (χ2n) is 13.2. The van der Waals surface area contributed by atoms with E-state index >= 15 is 0 Å². The van der Waals surface area contributed by atoms with Crippen LogP contribution in [0, 0.1) is 12.8 Å². The molecule has 0 unspecified atom stereocenters. The van der Waals surface area contributed by atoms with Crippen LogP contribution in [0.2, 0.25) is 5.02 Å². The molecular weight excluding hydrogens is 734 g/mol. The number of hydrogen-bond acceptors (Lipinski definition) is 12. The maximum Gasteiger partial charge on any atom is 0.261 e. The number of aryl methyl sites for hydroxylation is 1. The van der Waals surface area contributed by atoms with E-state index in [1.165, 1.54) is 39.1 Å². The van der Waals surface area contributed by atoms with Crippen LogP contribution in [0.1, 0.15) is 44.8 Å². The van der Waals surface area contributed by atoms with Gasteiger partial charge in [0.2, 0.25) is 23.1 Å². The Morgan fingerprint density at radius 3 is 2.22 bits per heavy atom. The minimum absolute atomic E-state index is 0.0176. The average molecular weight is 772 g/mol. The number of rotatable bonds is 11. The summed E-state index contributed by atoms with van der Waals surface area (Å²) in [6.07, 6.45) is -0.160. The van der Waals surface area contributed by atoms with Crippen LogP contribution in [-0.2, 0) is 24.2 Å². The summed E-state index contributed by atoms with van der Waals surface area (Å²) in [7, 11) is 7.33. The second kappa shape index (κ2) is 14.3. The van der Waals surface area contributed by atoms with Gasteiger partial charge >= 0.3 is 0 Å². The van der Waals surface area contributed by atoms with E-state index in [2.05, 4.69) is 10.3 Å². The third-order valence-corrected chi connectivity index (χ3v) is 10.6. The minimum Gasteiger partial charge on any atom is -0.497 e. The molecule has 0 saturated heterocycles. The lowest BCUT2D eigenvalue weighted by molar-refractivity contribution is -0.120. The lowest BCUT2D eigenvalue weighted by atomic mass is 9.70. The molecule has 2 aromatic heterocycles. The summed E-state index contributed by atoms with van der Waals surface area (Å²) in [6.45, 7) is 3.59. The Balaban J connectivity index is 1.22. The highest BCUT2D eigenvalue weighted by Gasteiger charge is 2.63. The monoisotopic (exact) mass is 771 g/mol. The third kappa shape index (κ3) is 5.91. The normalized spacial score (nSPS) is 17.1. The Labute approximate surface area is 320 Å². The van der Waals surface area contributed by atoms with Crippen LogP contribution in [0.25, 0.3) is 22.2 Å². The van der Waals surface area contributed by atoms with Crippen molar-refractivity contribution in [2.45, 2.75) is 38.8 Å². The van der Waals surface area contributed by atoms with Crippen molar-refractivity contribution in [2.75, 3.05) is 42.1 Å². The molecule has 0 fully saturated rings. The van der Waals surface area contributed by atoms with E-state index in [1.807, 2.05) is 0 Å². The van der Waals surface area contributed by atoms with E-state index in [0.717, 1.165) is 0 Å². The molecule has 1 N–H and O–H groups in total. The van der Waals surface area contributed by atoms with Gasteiger partial charge in [-0.1, -0.05) is 18.5 Å². The molecule has 1 amide bonds. The number of carbonyl (C=O) groups is 3. The van der Waals surface area contributed by atoms with Crippen molar-refractivity contribution in [1.29, 1.82) is 0 Å². The molecule has 0 bridgehead atoms. The third-order valence-electron chi connectivity index (χ3n) is 10.2. The number of halogens is 1. The number of methoxy groups -OCH3 is 5. The Morgan fingerprint density at radius 2 is 1.56 bits per heavy atom. The molecule has 5 aromatic rings. The quantitative estimate of drug-likeness (QED) is 0.170. The molecule has 0 radical (unpaired) electrons. The minimum atomic E-state index is -2.01. The molecule has 3 heterocycles. The highest BCUT2D eigenvalue weighted by molar-refractivity contribution is 6.36. The predicted octanol–water partition coefficient (Wildman–Crippen LogP) is 5.41. The molecule has 1 aliphatic heterocycles. The average Bonchev–Trinajstić information content (AvgIpc) is 3.70. The molecule has 15 heteroatoms. The van der Waals surface area contributed by atoms with Crippen LogP contribution in [0.3, 0.4) is 0 Å². The number of ketones is 2. The van der Waals surface area contributed by atoms with Gasteiger partial charge < -0.3 is 38.2 Å². The number of benzene rings is 3. The molecule has 286 valence electrons. The van der Waals surface area contributed by atoms with Crippen molar-refractivity contribution in [1.82, 2.24) is 14.9 Å². The molecule has 3 aromatic carbocycles. The zero-order valence-electron chi connectivity index (χ0n) is 31.2. The number of amides is 1. The van der Waals surface area contributed by atoms with Crippen molar-refractivity contribution in [2.24, 2.45) is 5.92 Å². The number of furan rings is 1. The number of ether oxygens (including phenoxy) is 6. The molecule has 1 spiro atoms. The number of nitrogens with zero attached hydrogens (tertiary/aromatic N) is 2. The van der Waals surface area contributed by atoms with Crippen molar-refractivity contribution in [3.8, 4) is 45.8 Å². The molecule has 2 atom stereocenters. The van der Waals surface area contributed by atoms with Crippen molar-refractivity contribution < 1.29 is 47.2 Å². The first-order valence-corrected chi connectivity index (χ1v) is 17.7. The standard InChI is InChI=1S/C40H38ClN3O11/c1-19-14-29-32(37(46)40(19)38(47)33-28(52-6)18-30(53-7)34(41)36(33)55-40)24(35(54-29)21-8-10-22(49-3)11-9-21)16-31(45)42-12-13-44-20(2)43-25-17-27(51-5)26(50-4)15-23(25)39(44)48/h8-11,15,17-19H,12-14,16H2,1-7H3,(H,42,45)/t19-,40+/m1/s1. The van der Waals surface area contributed by atoms with Crippen LogP contribution in [-0.4, -0.2) is 74.7 Å². The fraction of sp³-hybridized carbons (Fsp3) is 0.325. The molecule has 0 saturated carbocycles. The largest absolute Gasteiger partial charge is 0.497 e. The van der Waals surface area contributed by atoms with Crippen LogP contribution >= 0.6 is 11.6 Å². The first-order chi connectivity index (χ1) is 26.4. The van der Waals surface area contributed by atoms with Crippen molar-refractivity contribution in [3.05, 3.63) is 86.1 Å². The van der Waals surface area contributed by atoms with E-state index in [9.17, 15) is 19.2 Å². The summed E-state index contributed by atoms with van der Waals surface area (Å²) < 4.78 is 41.2. The number of fused-ring (bicyclic) bond motifs is 3. The number of aromatic nitrogens is 2. The Hall–Kier alpha value is -6.02. The lowest BCUT2D eigenvalue weighted by Crippen LogP contribution is -2.56. The van der Waals surface area contributed by atoms with Crippen LogP contribution in [0.5, 0.6) is 34.5 Å². The topological polar surface area (TPSA) is 167 Å². The van der Waals surface area contributed by atoms with Crippen LogP contribution in [0.15, 0.2) is 51.7 Å². The van der Waals surface area contributed by atoms with Gasteiger partial charge in [-0.2, -0.15) is 0 Å². The number of nitrogens with one attached hydrogen (secondary N) is 1. The first-order valence-electron chi connectivity index (χ1n) is 17.3. The Morgan fingerprint density at radius 1 is 0.909 bits per heavy atom. The summed E-state index contributed by atoms with van der Waals surface area (Å²) >= 11 is 6.64. The first kappa shape index (κ1) is 37.3. The van der Waals surface area contributed by atoms with E-state index in [1.54, 1.807) is 57.4 Å². The van der Waals surface area contributed by atoms with Gasteiger partial charge in [0.15, 0.2) is 17.2 Å². The van der Waals surface area contributed by atoms with E-state index in [-0.39, 0.29) is 76.2 Å². The van der Waals surface area contributed by atoms with Gasteiger partial charge in [0.1, 0.15) is 45.2 Å². The van der Waals surface area contributed by atoms with Gasteiger partial charge in [-0.25, -0.2) is 4.98 Å². The summed E-state index contributed by atoms with van der Waals surface area (Å²) in [4.78, 5) is 61.2. The SMILES string of the molecule is COc1ccc(-c2oc3c(c2CC(=O)NCCn2c(C)nc4cc(OC)c(OC)cc4c2=O)C(=O)[C@@]2(Oc4c(Cl)c(OC)cc(OC)c4C2=O)[C@H](C)C3)cc1. The van der Waals surface area contributed by atoms with E-state index in [4.69, 9.17) is 44.4 Å². The van der Waals surface area contributed by atoms with Crippen LogP contribution < -0.4 is 39.3 Å². The van der Waals surface area contributed by atoms with Gasteiger partial charge in [-0.05, 0) is 37.3 Å². The predicted molar refractivity (Wildman–Crippen MR) is 201 cm³/mol. The Kier molecular flexibility index (Phi) is 9.72. The van der Waals surface area contributed by atoms with Crippen LogP contribution in [0.4, 0.5) is 0 Å². The summed E-state index contributed by atoms with van der Waals surface area (Å²) in [5, 5.41) is 3.22. The number of carbonyl (C=O) groups excluding carboxylic acids is 3. The summed E-state index contributed by atoms with van der Waals surface area (Å²) in [5.41, 5.74) is -0.914. The smallest absolute Gasteiger partial charge is 0.261 e. The molecule has 1 aliphatic carbocycles. The van der Waals surface area contributed by atoms with Gasteiger partial charge in [-0.15, -0.1) is 0 Å². The molecule has 2 aliphatic rings. The molecular formula is C40H38ClN3O11. The highest BCUT2D eigenvalue weighted by Crippen LogP contribution is 2.54. The van der Waals surface area contributed by atoms with Gasteiger partial charge in [-0.3, -0.25) is 23.7 Å².